The fraction of sp³-hybridized carbons (Fsp3) is 0.231. The molecule has 0 spiro atoms. The minimum atomic E-state index is -0.703. The monoisotopic (exact) mass is 263 g/mol. The third-order valence-electron chi connectivity index (χ3n) is 2.59. The predicted molar refractivity (Wildman–Crippen MR) is 71.6 cm³/mol. The van der Waals surface area contributed by atoms with Crippen molar-refractivity contribution in [1.82, 2.24) is 9.78 Å². The van der Waals surface area contributed by atoms with Crippen LogP contribution in [-0.4, -0.2) is 15.7 Å². The molecule has 1 aromatic heterocycles. The molecule has 0 aliphatic rings. The molecule has 0 saturated carbocycles. The maximum Gasteiger partial charge on any atom is 0.247 e. The highest BCUT2D eigenvalue weighted by atomic mass is 35.5. The number of hydrogen-bond donors (Lipinski definition) is 1. The first kappa shape index (κ1) is 12.6. The van der Waals surface area contributed by atoms with Gasteiger partial charge in [0.1, 0.15) is 5.38 Å². The molecular formula is C13H14ClN3O. The molecule has 1 N–H and O–H groups in total. The third kappa shape index (κ3) is 2.71. The van der Waals surface area contributed by atoms with E-state index in [1.807, 2.05) is 37.3 Å². The molecule has 18 heavy (non-hydrogen) atoms. The molecular weight excluding hydrogens is 250 g/mol. The van der Waals surface area contributed by atoms with Gasteiger partial charge in [0, 0.05) is 13.2 Å². The Kier molecular flexibility index (Phi) is 3.67. The minimum Gasteiger partial charge on any atom is -0.322 e. The lowest BCUT2D eigenvalue weighted by atomic mass is 10.1. The van der Waals surface area contributed by atoms with Gasteiger partial charge in [-0.3, -0.25) is 9.48 Å². The van der Waals surface area contributed by atoms with Crippen LogP contribution in [0.15, 0.2) is 36.5 Å². The summed E-state index contributed by atoms with van der Waals surface area (Å²) in [5, 5.41) is 6.23. The number of aromatic nitrogens is 2. The highest BCUT2D eigenvalue weighted by Crippen LogP contribution is 2.22. The van der Waals surface area contributed by atoms with Crippen molar-refractivity contribution in [2.75, 3.05) is 5.32 Å². The van der Waals surface area contributed by atoms with Crippen molar-refractivity contribution >= 4 is 23.2 Å². The minimum absolute atomic E-state index is 0.251. The van der Waals surface area contributed by atoms with Crippen LogP contribution in [0.2, 0.25) is 0 Å². The molecule has 2 aromatic rings. The molecule has 0 bridgehead atoms. The van der Waals surface area contributed by atoms with E-state index < -0.39 is 5.38 Å². The van der Waals surface area contributed by atoms with Crippen LogP contribution in [0.3, 0.4) is 0 Å². The molecule has 0 radical (unpaired) electrons. The Hall–Kier alpha value is -1.81. The van der Waals surface area contributed by atoms with Gasteiger partial charge in [-0.25, -0.2) is 0 Å². The number of carbonyl (C=O) groups is 1. The quantitative estimate of drug-likeness (QED) is 0.866. The van der Waals surface area contributed by atoms with Crippen LogP contribution in [0, 0.1) is 6.92 Å². The molecule has 5 heteroatoms. The second-order valence-corrected chi connectivity index (χ2v) is 4.50. The fourth-order valence-electron chi connectivity index (χ4n) is 1.69. The van der Waals surface area contributed by atoms with Gasteiger partial charge in [-0.2, -0.15) is 5.10 Å². The van der Waals surface area contributed by atoms with E-state index in [4.69, 9.17) is 11.6 Å². The Bertz CT molecular complexity index is 551. The standard InChI is InChI=1S/C13H14ClN3O/c1-9-11(8-17(2)16-9)15-13(18)12(14)10-6-4-3-5-7-10/h3-8,12H,1-2H3,(H,15,18). The number of hydrogen-bond acceptors (Lipinski definition) is 2. The largest absolute Gasteiger partial charge is 0.322 e. The Labute approximate surface area is 111 Å². The van der Waals surface area contributed by atoms with Crippen LogP contribution in [0.4, 0.5) is 5.69 Å². The van der Waals surface area contributed by atoms with Gasteiger partial charge in [-0.05, 0) is 12.5 Å². The summed E-state index contributed by atoms with van der Waals surface area (Å²) in [6.45, 7) is 1.83. The van der Waals surface area contributed by atoms with Crippen molar-refractivity contribution in [3.63, 3.8) is 0 Å². The Morgan fingerprint density at radius 1 is 1.39 bits per heavy atom. The van der Waals surface area contributed by atoms with Crippen LogP contribution in [-0.2, 0) is 11.8 Å². The van der Waals surface area contributed by atoms with Gasteiger partial charge < -0.3 is 5.32 Å². The molecule has 1 amide bonds. The van der Waals surface area contributed by atoms with E-state index in [0.29, 0.717) is 5.69 Å². The molecule has 1 atom stereocenters. The lowest BCUT2D eigenvalue weighted by molar-refractivity contribution is -0.116. The molecule has 2 rings (SSSR count). The topological polar surface area (TPSA) is 46.9 Å². The molecule has 0 fully saturated rings. The summed E-state index contributed by atoms with van der Waals surface area (Å²) in [5.41, 5.74) is 2.23. The van der Waals surface area contributed by atoms with E-state index >= 15 is 0 Å². The van der Waals surface area contributed by atoms with Gasteiger partial charge in [-0.1, -0.05) is 30.3 Å². The highest BCUT2D eigenvalue weighted by Gasteiger charge is 2.18. The van der Waals surface area contributed by atoms with Crippen molar-refractivity contribution in [3.05, 3.63) is 47.8 Å². The Balaban J connectivity index is 2.11. The van der Waals surface area contributed by atoms with E-state index in [1.165, 1.54) is 0 Å². The van der Waals surface area contributed by atoms with Crippen LogP contribution in [0.25, 0.3) is 0 Å². The molecule has 0 saturated heterocycles. The van der Waals surface area contributed by atoms with Gasteiger partial charge in [0.2, 0.25) is 5.91 Å². The normalized spacial score (nSPS) is 12.2. The number of alkyl halides is 1. The van der Waals surface area contributed by atoms with Crippen molar-refractivity contribution in [2.24, 2.45) is 7.05 Å². The summed E-state index contributed by atoms with van der Waals surface area (Å²) in [4.78, 5) is 12.0. The lowest BCUT2D eigenvalue weighted by Gasteiger charge is -2.09. The van der Waals surface area contributed by atoms with E-state index in [-0.39, 0.29) is 5.91 Å². The Morgan fingerprint density at radius 3 is 2.61 bits per heavy atom. The van der Waals surface area contributed by atoms with Crippen molar-refractivity contribution in [2.45, 2.75) is 12.3 Å². The lowest BCUT2D eigenvalue weighted by Crippen LogP contribution is -2.17. The number of anilines is 1. The first-order chi connectivity index (χ1) is 8.58. The van der Waals surface area contributed by atoms with E-state index in [2.05, 4.69) is 10.4 Å². The molecule has 4 nitrogen and oxygen atoms in total. The number of rotatable bonds is 3. The summed E-state index contributed by atoms with van der Waals surface area (Å²) in [6.07, 6.45) is 1.75. The zero-order valence-electron chi connectivity index (χ0n) is 10.2. The van der Waals surface area contributed by atoms with E-state index in [1.54, 1.807) is 17.9 Å². The number of nitrogens with one attached hydrogen (secondary N) is 1. The maximum absolute atomic E-state index is 12.0. The number of carbonyl (C=O) groups excluding carboxylic acids is 1. The first-order valence-corrected chi connectivity index (χ1v) is 6.01. The summed E-state index contributed by atoms with van der Waals surface area (Å²) >= 11 is 6.13. The summed E-state index contributed by atoms with van der Waals surface area (Å²) in [6, 6.07) is 9.25. The molecule has 1 unspecified atom stereocenters. The summed E-state index contributed by atoms with van der Waals surface area (Å²) < 4.78 is 1.65. The Morgan fingerprint density at radius 2 is 2.06 bits per heavy atom. The van der Waals surface area contributed by atoms with Crippen LogP contribution in [0.1, 0.15) is 16.6 Å². The maximum atomic E-state index is 12.0. The molecule has 0 aliphatic carbocycles. The first-order valence-electron chi connectivity index (χ1n) is 5.58. The number of amides is 1. The molecule has 0 aliphatic heterocycles. The number of halogens is 1. The third-order valence-corrected chi connectivity index (χ3v) is 3.04. The number of aryl methyl sites for hydroxylation is 2. The van der Waals surface area contributed by atoms with Gasteiger partial charge in [0.25, 0.3) is 0 Å². The zero-order valence-corrected chi connectivity index (χ0v) is 11.0. The number of nitrogens with zero attached hydrogens (tertiary/aromatic N) is 2. The smallest absolute Gasteiger partial charge is 0.247 e. The van der Waals surface area contributed by atoms with Crippen molar-refractivity contribution in [1.29, 1.82) is 0 Å². The van der Waals surface area contributed by atoms with Crippen LogP contribution < -0.4 is 5.32 Å². The molecule has 1 heterocycles. The predicted octanol–water partition coefficient (Wildman–Crippen LogP) is 2.65. The van der Waals surface area contributed by atoms with Gasteiger partial charge in [0.15, 0.2) is 0 Å². The summed E-state index contributed by atoms with van der Waals surface area (Å²) in [7, 11) is 1.80. The second-order valence-electron chi connectivity index (χ2n) is 4.06. The average molecular weight is 264 g/mol. The van der Waals surface area contributed by atoms with Crippen molar-refractivity contribution in [3.8, 4) is 0 Å². The average Bonchev–Trinajstić information content (AvgIpc) is 2.68. The fourth-order valence-corrected chi connectivity index (χ4v) is 1.89. The van der Waals surface area contributed by atoms with Gasteiger partial charge in [0.05, 0.1) is 11.4 Å². The van der Waals surface area contributed by atoms with Crippen LogP contribution >= 0.6 is 11.6 Å². The second kappa shape index (κ2) is 5.23. The van der Waals surface area contributed by atoms with Gasteiger partial charge in [-0.15, -0.1) is 11.6 Å². The van der Waals surface area contributed by atoms with Crippen molar-refractivity contribution < 1.29 is 4.79 Å². The SMILES string of the molecule is Cc1nn(C)cc1NC(=O)C(Cl)c1ccccc1. The van der Waals surface area contributed by atoms with E-state index in [9.17, 15) is 4.79 Å². The molecule has 1 aromatic carbocycles. The molecule has 94 valence electrons. The number of benzene rings is 1. The highest BCUT2D eigenvalue weighted by molar-refractivity contribution is 6.32. The zero-order chi connectivity index (χ0) is 13.1. The van der Waals surface area contributed by atoms with Gasteiger partial charge >= 0.3 is 0 Å². The van der Waals surface area contributed by atoms with Crippen LogP contribution in [0.5, 0.6) is 0 Å². The summed E-state index contributed by atoms with van der Waals surface area (Å²) in [5.74, 6) is -0.251. The van der Waals surface area contributed by atoms with E-state index in [0.717, 1.165) is 11.3 Å².